The van der Waals surface area contributed by atoms with E-state index >= 15 is 0 Å². The summed E-state index contributed by atoms with van der Waals surface area (Å²) in [4.78, 5) is 27.4. The Morgan fingerprint density at radius 3 is 2.60 bits per heavy atom. The topological polar surface area (TPSA) is 103 Å². The average molecular weight is 471 g/mol. The number of amides is 3. The number of carbonyl (C=O) groups excluding carboxylic acids is 2. The maximum atomic E-state index is 13.2. The van der Waals surface area contributed by atoms with Crippen molar-refractivity contribution in [2.75, 3.05) is 25.0 Å². The lowest BCUT2D eigenvalue weighted by Gasteiger charge is -2.32. The number of hydrogen-bond donors (Lipinski definition) is 2. The molecule has 3 amide bonds. The first kappa shape index (κ1) is 24.0. The molecule has 1 aliphatic rings. The molecule has 0 aliphatic carbocycles. The standard InChI is InChI=1S/C27H30N6O2/c1-20-4-7-24(18-25(20)31-27(35)29-12-2-14-33-15-3-13-30-33)26(34)32-16-10-23(11-17-32)22-8-5-21(19-28)6-9-22/h3-9,13,15,18,23H,2,10-12,14,16-17H2,1H3,(H2,29,31,35). The molecule has 1 aliphatic heterocycles. The van der Waals surface area contributed by atoms with Crippen LogP contribution in [0.2, 0.25) is 0 Å². The monoisotopic (exact) mass is 470 g/mol. The minimum absolute atomic E-state index is 0.0223. The predicted octanol–water partition coefficient (Wildman–Crippen LogP) is 4.29. The Morgan fingerprint density at radius 1 is 1.14 bits per heavy atom. The molecule has 0 bridgehead atoms. The van der Waals surface area contributed by atoms with Crippen molar-refractivity contribution in [3.63, 3.8) is 0 Å². The molecule has 0 saturated carbocycles. The third-order valence-electron chi connectivity index (χ3n) is 6.43. The van der Waals surface area contributed by atoms with Crippen LogP contribution in [0, 0.1) is 18.3 Å². The molecule has 1 aromatic heterocycles. The third-order valence-corrected chi connectivity index (χ3v) is 6.43. The van der Waals surface area contributed by atoms with Gasteiger partial charge in [0, 0.05) is 49.8 Å². The van der Waals surface area contributed by atoms with E-state index in [1.54, 1.807) is 12.3 Å². The number of nitriles is 1. The van der Waals surface area contributed by atoms with Crippen LogP contribution in [0.15, 0.2) is 60.9 Å². The van der Waals surface area contributed by atoms with Gasteiger partial charge in [-0.3, -0.25) is 9.48 Å². The van der Waals surface area contributed by atoms with E-state index in [2.05, 4.69) is 21.8 Å². The van der Waals surface area contributed by atoms with Gasteiger partial charge in [0.2, 0.25) is 0 Å². The number of carbonyl (C=O) groups is 2. The van der Waals surface area contributed by atoms with Crippen LogP contribution in [0.4, 0.5) is 10.5 Å². The van der Waals surface area contributed by atoms with E-state index < -0.39 is 0 Å². The Morgan fingerprint density at radius 2 is 1.91 bits per heavy atom. The van der Waals surface area contributed by atoms with E-state index in [1.807, 2.05) is 65.2 Å². The summed E-state index contributed by atoms with van der Waals surface area (Å²) in [5.41, 5.74) is 3.98. The van der Waals surface area contributed by atoms with Crippen LogP contribution in [-0.2, 0) is 6.54 Å². The highest BCUT2D eigenvalue weighted by molar-refractivity contribution is 5.97. The summed E-state index contributed by atoms with van der Waals surface area (Å²) in [5, 5.41) is 18.9. The molecule has 2 N–H and O–H groups in total. The van der Waals surface area contributed by atoms with Gasteiger partial charge in [0.05, 0.1) is 11.6 Å². The van der Waals surface area contributed by atoms with Crippen LogP contribution < -0.4 is 10.6 Å². The number of nitrogens with one attached hydrogen (secondary N) is 2. The summed E-state index contributed by atoms with van der Waals surface area (Å²) in [7, 11) is 0. The summed E-state index contributed by atoms with van der Waals surface area (Å²) in [6.07, 6.45) is 6.16. The first-order chi connectivity index (χ1) is 17.0. The van der Waals surface area contributed by atoms with Crippen LogP contribution in [-0.4, -0.2) is 46.3 Å². The van der Waals surface area contributed by atoms with Gasteiger partial charge in [-0.2, -0.15) is 10.4 Å². The molecule has 0 atom stereocenters. The van der Waals surface area contributed by atoms with Crippen molar-refractivity contribution >= 4 is 17.6 Å². The van der Waals surface area contributed by atoms with Gasteiger partial charge >= 0.3 is 6.03 Å². The summed E-state index contributed by atoms with van der Waals surface area (Å²) in [5.74, 6) is 0.366. The van der Waals surface area contributed by atoms with Crippen LogP contribution >= 0.6 is 0 Å². The van der Waals surface area contributed by atoms with Gasteiger partial charge in [0.15, 0.2) is 0 Å². The minimum atomic E-state index is -0.290. The molecule has 4 rings (SSSR count). The number of aromatic nitrogens is 2. The Hall–Kier alpha value is -4.12. The normalized spacial score (nSPS) is 13.8. The van der Waals surface area contributed by atoms with Crippen molar-refractivity contribution in [1.82, 2.24) is 20.0 Å². The molecule has 3 aromatic rings. The van der Waals surface area contributed by atoms with Gasteiger partial charge in [-0.15, -0.1) is 0 Å². The van der Waals surface area contributed by atoms with Crippen molar-refractivity contribution in [1.29, 1.82) is 5.26 Å². The van der Waals surface area contributed by atoms with Crippen molar-refractivity contribution in [2.45, 2.75) is 38.6 Å². The van der Waals surface area contributed by atoms with Crippen molar-refractivity contribution in [2.24, 2.45) is 0 Å². The van der Waals surface area contributed by atoms with Gasteiger partial charge in [-0.05, 0) is 73.6 Å². The average Bonchev–Trinajstić information content (AvgIpc) is 3.41. The first-order valence-corrected chi connectivity index (χ1v) is 12.0. The Bertz CT molecular complexity index is 1190. The summed E-state index contributed by atoms with van der Waals surface area (Å²) >= 11 is 0. The lowest BCUT2D eigenvalue weighted by atomic mass is 9.89. The van der Waals surface area contributed by atoms with Gasteiger partial charge in [0.1, 0.15) is 0 Å². The van der Waals surface area contributed by atoms with E-state index in [0.29, 0.717) is 42.4 Å². The Labute approximate surface area is 205 Å². The molecule has 35 heavy (non-hydrogen) atoms. The van der Waals surface area contributed by atoms with Crippen molar-refractivity contribution in [3.8, 4) is 6.07 Å². The fraction of sp³-hybridized carbons (Fsp3) is 0.333. The van der Waals surface area contributed by atoms with Crippen molar-refractivity contribution < 1.29 is 9.59 Å². The van der Waals surface area contributed by atoms with Gasteiger partial charge < -0.3 is 15.5 Å². The fourth-order valence-electron chi connectivity index (χ4n) is 4.36. The number of benzene rings is 2. The van der Waals surface area contributed by atoms with E-state index in [0.717, 1.165) is 31.4 Å². The summed E-state index contributed by atoms with van der Waals surface area (Å²) < 4.78 is 1.83. The van der Waals surface area contributed by atoms with E-state index in [9.17, 15) is 9.59 Å². The second kappa shape index (κ2) is 11.3. The number of likely N-dealkylation sites (tertiary alicyclic amines) is 1. The summed E-state index contributed by atoms with van der Waals surface area (Å²) in [6.45, 7) is 4.52. The number of piperidine rings is 1. The van der Waals surface area contributed by atoms with Crippen LogP contribution in [0.5, 0.6) is 0 Å². The zero-order chi connectivity index (χ0) is 24.6. The first-order valence-electron chi connectivity index (χ1n) is 12.0. The number of aryl methyl sites for hydroxylation is 2. The SMILES string of the molecule is Cc1ccc(C(=O)N2CCC(c3ccc(C#N)cc3)CC2)cc1NC(=O)NCCCn1cccn1. The second-order valence-corrected chi connectivity index (χ2v) is 8.83. The van der Waals surface area contributed by atoms with E-state index in [4.69, 9.17) is 5.26 Å². The highest BCUT2D eigenvalue weighted by Crippen LogP contribution is 2.29. The fourth-order valence-corrected chi connectivity index (χ4v) is 4.36. The predicted molar refractivity (Wildman–Crippen MR) is 134 cm³/mol. The van der Waals surface area contributed by atoms with Gasteiger partial charge in [-0.25, -0.2) is 4.79 Å². The molecule has 0 unspecified atom stereocenters. The van der Waals surface area contributed by atoms with Crippen LogP contribution in [0.1, 0.15) is 52.2 Å². The number of urea groups is 1. The van der Waals surface area contributed by atoms with Gasteiger partial charge in [0.25, 0.3) is 5.91 Å². The minimum Gasteiger partial charge on any atom is -0.339 e. The maximum Gasteiger partial charge on any atom is 0.319 e. The highest BCUT2D eigenvalue weighted by Gasteiger charge is 2.25. The largest absolute Gasteiger partial charge is 0.339 e. The van der Waals surface area contributed by atoms with E-state index in [-0.39, 0.29) is 11.9 Å². The molecule has 180 valence electrons. The number of nitrogens with zero attached hydrogens (tertiary/aromatic N) is 4. The third kappa shape index (κ3) is 6.27. The number of anilines is 1. The quantitative estimate of drug-likeness (QED) is 0.503. The van der Waals surface area contributed by atoms with Crippen molar-refractivity contribution in [3.05, 3.63) is 83.2 Å². The molecule has 0 spiro atoms. The lowest BCUT2D eigenvalue weighted by Crippen LogP contribution is -2.38. The molecule has 1 saturated heterocycles. The second-order valence-electron chi connectivity index (χ2n) is 8.83. The molecule has 0 radical (unpaired) electrons. The smallest absolute Gasteiger partial charge is 0.319 e. The number of rotatable bonds is 7. The molecule has 1 fully saturated rings. The molecule has 8 heteroatoms. The number of hydrogen-bond acceptors (Lipinski definition) is 4. The van der Waals surface area contributed by atoms with Crippen LogP contribution in [0.25, 0.3) is 0 Å². The molecular weight excluding hydrogens is 440 g/mol. The van der Waals surface area contributed by atoms with Gasteiger partial charge in [-0.1, -0.05) is 18.2 Å². The van der Waals surface area contributed by atoms with E-state index in [1.165, 1.54) is 5.56 Å². The van der Waals surface area contributed by atoms with Crippen LogP contribution in [0.3, 0.4) is 0 Å². The Kier molecular flexibility index (Phi) is 7.78. The highest BCUT2D eigenvalue weighted by atomic mass is 16.2. The molecule has 8 nitrogen and oxygen atoms in total. The Balaban J connectivity index is 1.29. The lowest BCUT2D eigenvalue weighted by molar-refractivity contribution is 0.0713. The summed E-state index contributed by atoms with van der Waals surface area (Å²) in [6, 6.07) is 16.9. The zero-order valence-electron chi connectivity index (χ0n) is 19.9. The molecule has 2 heterocycles. The zero-order valence-corrected chi connectivity index (χ0v) is 19.9. The molecular formula is C27H30N6O2. The molecule has 2 aromatic carbocycles. The maximum absolute atomic E-state index is 13.2.